The highest BCUT2D eigenvalue weighted by Gasteiger charge is 2.38. The summed E-state index contributed by atoms with van der Waals surface area (Å²) in [7, 11) is 2.15. The Bertz CT molecular complexity index is 1390. The van der Waals surface area contributed by atoms with Gasteiger partial charge in [0.2, 0.25) is 0 Å². The fourth-order valence-electron chi connectivity index (χ4n) is 6.79. The maximum absolute atomic E-state index is 12.9. The first-order valence-electron chi connectivity index (χ1n) is 15.1. The van der Waals surface area contributed by atoms with Crippen molar-refractivity contribution < 1.29 is 18.3 Å². The number of likely N-dealkylation sites (N-methyl/N-ethyl adjacent to an activating group) is 1. The normalized spacial score (nSPS) is 26.3. The molecule has 2 aromatic rings. The van der Waals surface area contributed by atoms with Crippen LogP contribution < -0.4 is 5.32 Å². The van der Waals surface area contributed by atoms with Gasteiger partial charge in [-0.1, -0.05) is 6.08 Å². The van der Waals surface area contributed by atoms with Gasteiger partial charge in [0.15, 0.2) is 0 Å². The summed E-state index contributed by atoms with van der Waals surface area (Å²) in [6, 6.07) is 4.15. The molecule has 43 heavy (non-hydrogen) atoms. The third-order valence-corrected chi connectivity index (χ3v) is 10.3. The van der Waals surface area contributed by atoms with Crippen molar-refractivity contribution in [3.63, 3.8) is 0 Å². The number of aromatic nitrogens is 2. The quantitative estimate of drug-likeness (QED) is 0.463. The molecular weight excluding hydrogens is 577 g/mol. The topological polar surface area (TPSA) is 94.8 Å². The Morgan fingerprint density at radius 2 is 1.86 bits per heavy atom. The third kappa shape index (κ3) is 7.15. The molecule has 2 saturated heterocycles. The first kappa shape index (κ1) is 30.3. The first-order valence-corrected chi connectivity index (χ1v) is 15.9. The summed E-state index contributed by atoms with van der Waals surface area (Å²) < 4.78 is 38.7. The van der Waals surface area contributed by atoms with Crippen molar-refractivity contribution in [2.45, 2.75) is 50.0 Å². The van der Waals surface area contributed by atoms with Crippen LogP contribution in [0.3, 0.4) is 0 Å². The highest BCUT2D eigenvalue weighted by molar-refractivity contribution is 7.18. The number of likely N-dealkylation sites (tertiary alicyclic amines) is 1. The van der Waals surface area contributed by atoms with E-state index in [1.54, 1.807) is 6.07 Å². The van der Waals surface area contributed by atoms with Gasteiger partial charge in [-0.25, -0.2) is 9.97 Å². The molecule has 3 unspecified atom stereocenters. The number of allylic oxidation sites excluding steroid dienone is 1. The molecule has 0 amide bonds. The van der Waals surface area contributed by atoms with Crippen LogP contribution in [0.2, 0.25) is 0 Å². The van der Waals surface area contributed by atoms with E-state index in [0.717, 1.165) is 88.7 Å². The summed E-state index contributed by atoms with van der Waals surface area (Å²) in [4.78, 5) is 18.7. The molecule has 0 bridgehead atoms. The molecule has 13 heteroatoms. The van der Waals surface area contributed by atoms with Crippen LogP contribution in [0.4, 0.5) is 19.0 Å². The number of piperazine rings is 1. The van der Waals surface area contributed by atoms with Crippen molar-refractivity contribution >= 4 is 27.4 Å². The number of alkyl halides is 3. The Kier molecular flexibility index (Phi) is 8.94. The molecular formula is C30H39F3N8OS. The van der Waals surface area contributed by atoms with E-state index in [4.69, 9.17) is 0 Å². The summed E-state index contributed by atoms with van der Waals surface area (Å²) in [6.07, 6.45) is 2.27. The molecule has 2 N–H and O–H groups in total. The molecule has 0 aromatic carbocycles. The van der Waals surface area contributed by atoms with Gasteiger partial charge in [-0.2, -0.15) is 18.4 Å². The minimum absolute atomic E-state index is 0.00360. The van der Waals surface area contributed by atoms with Gasteiger partial charge in [0.25, 0.3) is 0 Å². The molecule has 5 heterocycles. The van der Waals surface area contributed by atoms with Gasteiger partial charge in [0.05, 0.1) is 24.0 Å². The molecule has 3 aliphatic heterocycles. The van der Waals surface area contributed by atoms with Crippen LogP contribution in [0.15, 0.2) is 35.8 Å². The zero-order valence-corrected chi connectivity index (χ0v) is 25.2. The first-order chi connectivity index (χ1) is 20.6. The number of aliphatic hydroxyl groups excluding tert-OH is 1. The SMILES string of the molecule is CN1CCN(CCN2C(C#N)=CC3=CC(CN4CCC(Nc5ncnc6sc(CC(F)(F)F)cc56)CC4)C(O)CC32)CC1. The maximum atomic E-state index is 12.9. The molecule has 1 aliphatic carbocycles. The summed E-state index contributed by atoms with van der Waals surface area (Å²) in [5, 5.41) is 25.1. The molecule has 2 aromatic heterocycles. The zero-order chi connectivity index (χ0) is 30.1. The Hall–Kier alpha value is -2.76. The fourth-order valence-corrected chi connectivity index (χ4v) is 7.82. The highest BCUT2D eigenvalue weighted by atomic mass is 32.1. The number of nitrogens with zero attached hydrogens (tertiary/aromatic N) is 7. The molecule has 0 spiro atoms. The largest absolute Gasteiger partial charge is 0.393 e. The second-order valence-electron chi connectivity index (χ2n) is 12.3. The number of nitrogens with one attached hydrogen (secondary N) is 1. The highest BCUT2D eigenvalue weighted by Crippen LogP contribution is 2.37. The average molecular weight is 617 g/mol. The van der Waals surface area contributed by atoms with Crippen molar-refractivity contribution in [2.24, 2.45) is 5.92 Å². The number of rotatable bonds is 8. The van der Waals surface area contributed by atoms with Crippen LogP contribution in [-0.2, 0) is 6.42 Å². The second kappa shape index (κ2) is 12.7. The Morgan fingerprint density at radius 1 is 1.09 bits per heavy atom. The van der Waals surface area contributed by atoms with E-state index in [0.29, 0.717) is 28.2 Å². The smallest absolute Gasteiger partial charge is 0.392 e. The van der Waals surface area contributed by atoms with Crippen LogP contribution in [0, 0.1) is 17.2 Å². The third-order valence-electron chi connectivity index (χ3n) is 9.26. The van der Waals surface area contributed by atoms with Gasteiger partial charge in [-0.05, 0) is 44.0 Å². The number of hydrogen-bond acceptors (Lipinski definition) is 10. The summed E-state index contributed by atoms with van der Waals surface area (Å²) in [5.74, 6) is 0.592. The molecule has 4 aliphatic rings. The molecule has 0 saturated carbocycles. The lowest BCUT2D eigenvalue weighted by molar-refractivity contribution is -0.126. The molecule has 9 nitrogen and oxygen atoms in total. The minimum atomic E-state index is -4.26. The van der Waals surface area contributed by atoms with Gasteiger partial charge >= 0.3 is 6.18 Å². The molecule has 232 valence electrons. The summed E-state index contributed by atoms with van der Waals surface area (Å²) in [5.41, 5.74) is 1.84. The Morgan fingerprint density at radius 3 is 2.58 bits per heavy atom. The lowest BCUT2D eigenvalue weighted by atomic mass is 9.84. The molecule has 0 radical (unpaired) electrons. The van der Waals surface area contributed by atoms with Gasteiger partial charge in [-0.15, -0.1) is 11.3 Å². The van der Waals surface area contributed by atoms with Crippen LogP contribution in [0.5, 0.6) is 0 Å². The number of nitriles is 1. The summed E-state index contributed by atoms with van der Waals surface area (Å²) >= 11 is 1.06. The molecule has 3 atom stereocenters. The van der Waals surface area contributed by atoms with Gasteiger partial charge in [0.1, 0.15) is 28.7 Å². The number of fused-ring (bicyclic) bond motifs is 2. The number of aliphatic hydroxyl groups is 1. The Balaban J connectivity index is 1.02. The van der Waals surface area contributed by atoms with E-state index in [9.17, 15) is 23.5 Å². The average Bonchev–Trinajstić information content (AvgIpc) is 3.53. The van der Waals surface area contributed by atoms with E-state index in [2.05, 4.69) is 54.1 Å². The van der Waals surface area contributed by atoms with E-state index >= 15 is 0 Å². The van der Waals surface area contributed by atoms with Crippen molar-refractivity contribution in [3.05, 3.63) is 40.7 Å². The van der Waals surface area contributed by atoms with E-state index in [-0.39, 0.29) is 22.9 Å². The zero-order valence-electron chi connectivity index (χ0n) is 24.4. The summed E-state index contributed by atoms with van der Waals surface area (Å²) in [6.45, 7) is 8.37. The standard InChI is InChI=1S/C30H39F3N8OS/c1-38-6-8-39(9-7-38)10-11-41-23(17-34)13-20-12-21(27(42)15-26(20)41)18-40-4-2-22(3-5-40)37-28-25-14-24(16-30(31,32)33)43-29(25)36-19-35-28/h12-14,19,21-22,26-27,42H,2-11,15-16,18H2,1H3,(H,35,36,37). The van der Waals surface area contributed by atoms with Crippen molar-refractivity contribution in [1.82, 2.24) is 29.6 Å². The van der Waals surface area contributed by atoms with Crippen LogP contribution in [-0.4, -0.2) is 125 Å². The number of thiophene rings is 1. The Labute approximate surface area is 254 Å². The lowest BCUT2D eigenvalue weighted by Gasteiger charge is -2.40. The number of hydrogen-bond donors (Lipinski definition) is 2. The maximum Gasteiger partial charge on any atom is 0.393 e. The lowest BCUT2D eigenvalue weighted by Crippen LogP contribution is -2.49. The van der Waals surface area contributed by atoms with Gasteiger partial charge in [0, 0.05) is 75.7 Å². The second-order valence-corrected chi connectivity index (χ2v) is 13.4. The minimum Gasteiger partial charge on any atom is -0.392 e. The van der Waals surface area contributed by atoms with Gasteiger partial charge < -0.3 is 25.1 Å². The van der Waals surface area contributed by atoms with Crippen LogP contribution in [0.1, 0.15) is 24.1 Å². The number of anilines is 1. The molecule has 2 fully saturated rings. The predicted octanol–water partition coefficient (Wildman–Crippen LogP) is 3.32. The van der Waals surface area contributed by atoms with Gasteiger partial charge in [-0.3, -0.25) is 4.90 Å². The number of piperidine rings is 1. The van der Waals surface area contributed by atoms with Crippen LogP contribution >= 0.6 is 11.3 Å². The van der Waals surface area contributed by atoms with Crippen molar-refractivity contribution in [1.29, 1.82) is 5.26 Å². The van der Waals surface area contributed by atoms with E-state index < -0.39 is 18.7 Å². The predicted molar refractivity (Wildman–Crippen MR) is 161 cm³/mol. The number of halogens is 3. The monoisotopic (exact) mass is 616 g/mol. The van der Waals surface area contributed by atoms with Crippen LogP contribution in [0.25, 0.3) is 10.2 Å². The van der Waals surface area contributed by atoms with E-state index in [1.807, 2.05) is 6.08 Å². The van der Waals surface area contributed by atoms with Crippen molar-refractivity contribution in [3.8, 4) is 6.07 Å². The fraction of sp³-hybridized carbons (Fsp3) is 0.633. The molecule has 6 rings (SSSR count). The van der Waals surface area contributed by atoms with E-state index in [1.165, 1.54) is 6.33 Å². The van der Waals surface area contributed by atoms with Crippen molar-refractivity contribution in [2.75, 3.05) is 71.3 Å².